The molecule has 0 atom stereocenters. The molecule has 2 aliphatic rings. The summed E-state index contributed by atoms with van der Waals surface area (Å²) in [6.07, 6.45) is 7.09. The van der Waals surface area contributed by atoms with Crippen LogP contribution in [0.2, 0.25) is 0 Å². The van der Waals surface area contributed by atoms with Crippen molar-refractivity contribution in [3.05, 3.63) is 69.7 Å². The van der Waals surface area contributed by atoms with E-state index in [4.69, 9.17) is 10.2 Å². The van der Waals surface area contributed by atoms with Gasteiger partial charge < -0.3 is 5.32 Å². The van der Waals surface area contributed by atoms with Crippen molar-refractivity contribution >= 4 is 38.6 Å². The lowest BCUT2D eigenvalue weighted by Crippen LogP contribution is -2.42. The molecule has 34 heavy (non-hydrogen) atoms. The van der Waals surface area contributed by atoms with Crippen LogP contribution in [0, 0.1) is 16.7 Å². The number of nitriles is 1. The minimum absolute atomic E-state index is 0.109. The zero-order valence-electron chi connectivity index (χ0n) is 19.3. The largest absolute Gasteiger partial charge is 0.310 e. The molecule has 5 rings (SSSR count). The Morgan fingerprint density at radius 2 is 1.94 bits per heavy atom. The average Bonchev–Trinajstić information content (AvgIpc) is 2.87. The van der Waals surface area contributed by atoms with Gasteiger partial charge in [-0.25, -0.2) is 4.98 Å². The van der Waals surface area contributed by atoms with Gasteiger partial charge in [0.2, 0.25) is 5.91 Å². The molecule has 0 spiro atoms. The van der Waals surface area contributed by atoms with Crippen LogP contribution in [0.5, 0.6) is 0 Å². The van der Waals surface area contributed by atoms with Gasteiger partial charge in [0.1, 0.15) is 5.82 Å². The van der Waals surface area contributed by atoms with Gasteiger partial charge in [0.15, 0.2) is 0 Å². The fourth-order valence-electron chi connectivity index (χ4n) is 5.51. The average molecular weight is 517 g/mol. The van der Waals surface area contributed by atoms with E-state index in [-0.39, 0.29) is 11.3 Å². The molecule has 6 heteroatoms. The molecule has 2 aromatic carbocycles. The maximum atomic E-state index is 13.7. The molecule has 1 saturated carbocycles. The van der Waals surface area contributed by atoms with E-state index < -0.39 is 0 Å². The molecule has 1 aliphatic heterocycles. The molecule has 3 aromatic rings. The summed E-state index contributed by atoms with van der Waals surface area (Å²) in [5, 5.41) is 13.4. The van der Waals surface area contributed by atoms with Crippen molar-refractivity contribution in [2.24, 2.45) is 5.41 Å². The number of carbonyl (C=O) groups excluding carboxylic acids is 1. The number of benzene rings is 2. The molecule has 5 nitrogen and oxygen atoms in total. The zero-order chi connectivity index (χ0) is 23.5. The predicted molar refractivity (Wildman–Crippen MR) is 138 cm³/mol. The number of hydrogen-bond acceptors (Lipinski definition) is 4. The molecule has 0 unspecified atom stereocenters. The highest BCUT2D eigenvalue weighted by molar-refractivity contribution is 9.10. The number of carbonyl (C=O) groups is 1. The van der Waals surface area contributed by atoms with Crippen LogP contribution in [0.4, 0.5) is 5.82 Å². The van der Waals surface area contributed by atoms with Gasteiger partial charge >= 0.3 is 0 Å². The second-order valence-electron chi connectivity index (χ2n) is 9.67. The summed E-state index contributed by atoms with van der Waals surface area (Å²) < 4.78 is 0.942. The standard InChI is InChI=1S/C28H29BrN4O/c29-24-17-26(31-25-7-3-2-6-23(24)25)32-27(34)28(11-4-1-5-12-28)13-15-33-14-10-21-16-20(18-30)8-9-22(21)19-33/h2-3,6-9,16-17H,1,4-5,10-15,19H2,(H,31,32,34). The number of nitrogens with zero attached hydrogens (tertiary/aromatic N) is 3. The summed E-state index contributed by atoms with van der Waals surface area (Å²) in [7, 11) is 0. The molecule has 1 aliphatic carbocycles. The molecule has 1 N–H and O–H groups in total. The zero-order valence-corrected chi connectivity index (χ0v) is 20.9. The highest BCUT2D eigenvalue weighted by Crippen LogP contribution is 2.41. The van der Waals surface area contributed by atoms with Crippen LogP contribution in [0.25, 0.3) is 10.9 Å². The summed E-state index contributed by atoms with van der Waals surface area (Å²) in [6, 6.07) is 18.1. The minimum Gasteiger partial charge on any atom is -0.310 e. The molecule has 0 bridgehead atoms. The number of rotatable bonds is 5. The quantitative estimate of drug-likeness (QED) is 0.437. The molecular formula is C28H29BrN4O. The number of para-hydroxylation sites is 1. The number of nitrogens with one attached hydrogen (secondary N) is 1. The number of fused-ring (bicyclic) bond motifs is 2. The van der Waals surface area contributed by atoms with E-state index in [1.807, 2.05) is 42.5 Å². The fourth-order valence-corrected chi connectivity index (χ4v) is 6.06. The number of aromatic nitrogens is 1. The van der Waals surface area contributed by atoms with E-state index in [0.29, 0.717) is 5.82 Å². The molecule has 1 aromatic heterocycles. The van der Waals surface area contributed by atoms with E-state index in [2.05, 4.69) is 38.3 Å². The van der Waals surface area contributed by atoms with Crippen LogP contribution in [0.15, 0.2) is 53.0 Å². The Kier molecular flexibility index (Phi) is 6.67. The number of hydrogen-bond donors (Lipinski definition) is 1. The van der Waals surface area contributed by atoms with Gasteiger partial charge in [-0.1, -0.05) is 43.5 Å². The first-order valence-electron chi connectivity index (χ1n) is 12.2. The third-order valence-electron chi connectivity index (χ3n) is 7.53. The van der Waals surface area contributed by atoms with Crippen LogP contribution < -0.4 is 5.32 Å². The van der Waals surface area contributed by atoms with Crippen molar-refractivity contribution in [2.75, 3.05) is 18.4 Å². The Hall–Kier alpha value is -2.75. The second-order valence-corrected chi connectivity index (χ2v) is 10.5. The Morgan fingerprint density at radius 1 is 1.12 bits per heavy atom. The Labute approximate surface area is 209 Å². The highest BCUT2D eigenvalue weighted by atomic mass is 79.9. The molecular weight excluding hydrogens is 488 g/mol. The lowest BCUT2D eigenvalue weighted by molar-refractivity contribution is -0.128. The maximum Gasteiger partial charge on any atom is 0.231 e. The van der Waals surface area contributed by atoms with E-state index in [1.54, 1.807) is 0 Å². The SMILES string of the molecule is N#Cc1ccc2c(c1)CCN(CCC1(C(=O)Nc3cc(Br)c4ccccc4n3)CCCCC1)C2. The first kappa shape index (κ1) is 23.0. The number of halogens is 1. The smallest absolute Gasteiger partial charge is 0.231 e. The Morgan fingerprint density at radius 3 is 2.76 bits per heavy atom. The molecule has 0 radical (unpaired) electrons. The van der Waals surface area contributed by atoms with Gasteiger partial charge in [-0.2, -0.15) is 5.26 Å². The maximum absolute atomic E-state index is 13.7. The van der Waals surface area contributed by atoms with Gasteiger partial charge in [0.25, 0.3) is 0 Å². The molecule has 174 valence electrons. The van der Waals surface area contributed by atoms with Gasteiger partial charge in [-0.15, -0.1) is 0 Å². The third kappa shape index (κ3) is 4.73. The van der Waals surface area contributed by atoms with Crippen LogP contribution in [0.1, 0.15) is 55.2 Å². The van der Waals surface area contributed by atoms with Crippen molar-refractivity contribution in [3.8, 4) is 6.07 Å². The van der Waals surface area contributed by atoms with E-state index >= 15 is 0 Å². The van der Waals surface area contributed by atoms with Crippen LogP contribution in [0.3, 0.4) is 0 Å². The van der Waals surface area contributed by atoms with Crippen molar-refractivity contribution in [3.63, 3.8) is 0 Å². The van der Waals surface area contributed by atoms with Crippen LogP contribution in [-0.4, -0.2) is 28.9 Å². The number of amides is 1. The van der Waals surface area contributed by atoms with Crippen LogP contribution in [-0.2, 0) is 17.8 Å². The second kappa shape index (κ2) is 9.85. The van der Waals surface area contributed by atoms with Crippen molar-refractivity contribution in [2.45, 2.75) is 51.5 Å². The van der Waals surface area contributed by atoms with Gasteiger partial charge in [-0.3, -0.25) is 9.69 Å². The van der Waals surface area contributed by atoms with E-state index in [1.165, 1.54) is 17.5 Å². The van der Waals surface area contributed by atoms with E-state index in [0.717, 1.165) is 79.1 Å². The summed E-state index contributed by atoms with van der Waals surface area (Å²) >= 11 is 3.64. The van der Waals surface area contributed by atoms with Crippen molar-refractivity contribution in [1.82, 2.24) is 9.88 Å². The third-order valence-corrected chi connectivity index (χ3v) is 8.19. The van der Waals surface area contributed by atoms with Gasteiger partial charge in [0.05, 0.1) is 22.6 Å². The lowest BCUT2D eigenvalue weighted by Gasteiger charge is -2.38. The topological polar surface area (TPSA) is 69.0 Å². The Balaban J connectivity index is 1.30. The minimum atomic E-state index is -0.344. The fraction of sp³-hybridized carbons (Fsp3) is 0.393. The normalized spacial score (nSPS) is 17.6. The Bertz CT molecular complexity index is 1260. The highest BCUT2D eigenvalue weighted by Gasteiger charge is 2.40. The first-order chi connectivity index (χ1) is 16.6. The molecule has 1 amide bonds. The molecule has 2 heterocycles. The van der Waals surface area contributed by atoms with Crippen molar-refractivity contribution < 1.29 is 4.79 Å². The summed E-state index contributed by atoms with van der Waals surface area (Å²) in [5.41, 5.74) is 3.85. The van der Waals surface area contributed by atoms with E-state index in [9.17, 15) is 4.79 Å². The van der Waals surface area contributed by atoms with Gasteiger partial charge in [-0.05, 0) is 83.6 Å². The first-order valence-corrected chi connectivity index (χ1v) is 13.0. The monoisotopic (exact) mass is 516 g/mol. The van der Waals surface area contributed by atoms with Gasteiger partial charge in [0, 0.05) is 22.9 Å². The number of anilines is 1. The molecule has 0 saturated heterocycles. The molecule has 1 fully saturated rings. The van der Waals surface area contributed by atoms with Crippen molar-refractivity contribution in [1.29, 1.82) is 5.26 Å². The lowest BCUT2D eigenvalue weighted by atomic mass is 9.71. The predicted octanol–water partition coefficient (Wildman–Crippen LogP) is 6.21. The summed E-state index contributed by atoms with van der Waals surface area (Å²) in [6.45, 7) is 2.76. The number of pyridine rings is 1. The van der Waals surface area contributed by atoms with Crippen LogP contribution >= 0.6 is 15.9 Å². The summed E-state index contributed by atoms with van der Waals surface area (Å²) in [4.78, 5) is 20.8. The summed E-state index contributed by atoms with van der Waals surface area (Å²) in [5.74, 6) is 0.721.